The Hall–Kier alpha value is -1.50. The van der Waals surface area contributed by atoms with Gasteiger partial charge < -0.3 is 10.0 Å². The Balaban J connectivity index is 2.00. The van der Waals surface area contributed by atoms with Gasteiger partial charge >= 0.3 is 5.97 Å². The van der Waals surface area contributed by atoms with E-state index in [-0.39, 0.29) is 28.2 Å². The third kappa shape index (κ3) is 4.87. The lowest BCUT2D eigenvalue weighted by Crippen LogP contribution is -2.47. The number of fused-ring (bicyclic) bond motifs is 1. The molecule has 3 heterocycles. The van der Waals surface area contributed by atoms with Crippen LogP contribution in [0.2, 0.25) is 0 Å². The van der Waals surface area contributed by atoms with Crippen LogP contribution in [0.25, 0.3) is 0 Å². The Morgan fingerprint density at radius 2 is 1.69 bits per heavy atom. The van der Waals surface area contributed by atoms with Gasteiger partial charge in [-0.1, -0.05) is 62.3 Å². The number of rotatable bonds is 3. The van der Waals surface area contributed by atoms with E-state index in [2.05, 4.69) is 67.2 Å². The largest absolute Gasteiger partial charge is 0.480 e. The first-order valence-corrected chi connectivity index (χ1v) is 11.8. The maximum atomic E-state index is 14.0. The molecule has 5 nitrogen and oxygen atoms in total. The molecular formula is C25H41F2N3O2. The van der Waals surface area contributed by atoms with Crippen LogP contribution in [0.5, 0.6) is 0 Å². The first kappa shape index (κ1) is 25.1. The molecule has 3 rings (SSSR count). The second kappa shape index (κ2) is 7.78. The van der Waals surface area contributed by atoms with Crippen molar-refractivity contribution in [2.45, 2.75) is 93.2 Å². The highest BCUT2D eigenvalue weighted by molar-refractivity contribution is 5.90. The highest BCUT2D eigenvalue weighted by atomic mass is 19.3. The normalized spacial score (nSPS) is 29.4. The van der Waals surface area contributed by atoms with Gasteiger partial charge in [0.05, 0.1) is 12.6 Å². The summed E-state index contributed by atoms with van der Waals surface area (Å²) in [6.07, 6.45) is 0.165. The van der Waals surface area contributed by atoms with Gasteiger partial charge in [-0.25, -0.2) is 8.78 Å². The van der Waals surface area contributed by atoms with E-state index in [1.807, 2.05) is 0 Å². The molecule has 0 aromatic rings. The zero-order valence-corrected chi connectivity index (χ0v) is 21.2. The first-order valence-electron chi connectivity index (χ1n) is 11.8. The summed E-state index contributed by atoms with van der Waals surface area (Å²) in [5.41, 5.74) is 2.29. The molecule has 0 spiro atoms. The van der Waals surface area contributed by atoms with Gasteiger partial charge in [0.25, 0.3) is 5.92 Å². The average molecular weight is 454 g/mol. The number of carboxylic acids is 1. The van der Waals surface area contributed by atoms with Gasteiger partial charge in [-0.15, -0.1) is 0 Å². The number of carbonyl (C=O) groups is 1. The van der Waals surface area contributed by atoms with Crippen molar-refractivity contribution < 1.29 is 18.7 Å². The molecule has 2 fully saturated rings. The van der Waals surface area contributed by atoms with Crippen LogP contribution in [-0.4, -0.2) is 64.4 Å². The minimum atomic E-state index is -2.94. The molecule has 0 bridgehead atoms. The van der Waals surface area contributed by atoms with E-state index in [0.29, 0.717) is 13.1 Å². The summed E-state index contributed by atoms with van der Waals surface area (Å²) in [5, 5.41) is 9.50. The molecule has 182 valence electrons. The zero-order chi connectivity index (χ0) is 24.4. The van der Waals surface area contributed by atoms with Gasteiger partial charge in [-0.2, -0.15) is 0 Å². The van der Waals surface area contributed by atoms with Crippen molar-refractivity contribution in [3.05, 3.63) is 11.3 Å². The Morgan fingerprint density at radius 3 is 2.16 bits per heavy atom. The summed E-state index contributed by atoms with van der Waals surface area (Å²) in [6.45, 7) is 20.4. The molecular weight excluding hydrogens is 412 g/mol. The second-order valence-corrected chi connectivity index (χ2v) is 13.1. The molecule has 0 aromatic heterocycles. The predicted octanol–water partition coefficient (Wildman–Crippen LogP) is 5.28. The SMILES string of the molecule is CC(C)(C)C1=NC(C(C)(C)C)C(C(C)(C)C)=C2CC(CN3CC(F)(F)CC3C(=O)O)CN12. The van der Waals surface area contributed by atoms with E-state index in [1.165, 1.54) is 16.2 Å². The van der Waals surface area contributed by atoms with Gasteiger partial charge in [0.15, 0.2) is 0 Å². The minimum Gasteiger partial charge on any atom is -0.480 e. The van der Waals surface area contributed by atoms with Crippen LogP contribution in [0.3, 0.4) is 0 Å². The molecule has 7 heteroatoms. The third-order valence-corrected chi connectivity index (χ3v) is 6.78. The van der Waals surface area contributed by atoms with E-state index in [0.717, 1.165) is 12.3 Å². The fourth-order valence-electron chi connectivity index (χ4n) is 5.54. The third-order valence-electron chi connectivity index (χ3n) is 6.78. The lowest BCUT2D eigenvalue weighted by molar-refractivity contribution is -0.142. The second-order valence-electron chi connectivity index (χ2n) is 13.1. The smallest absolute Gasteiger partial charge is 0.321 e. The molecule has 3 aliphatic heterocycles. The predicted molar refractivity (Wildman–Crippen MR) is 124 cm³/mol. The maximum absolute atomic E-state index is 14.0. The molecule has 0 saturated carbocycles. The van der Waals surface area contributed by atoms with Gasteiger partial charge in [-0.3, -0.25) is 14.7 Å². The van der Waals surface area contributed by atoms with Crippen molar-refractivity contribution in [1.29, 1.82) is 0 Å². The summed E-state index contributed by atoms with van der Waals surface area (Å²) in [6, 6.07) is -1.07. The number of amidine groups is 1. The molecule has 3 aliphatic rings. The van der Waals surface area contributed by atoms with Crippen LogP contribution >= 0.6 is 0 Å². The number of allylic oxidation sites excluding steroid dienone is 1. The molecule has 0 aliphatic carbocycles. The fraction of sp³-hybridized carbons (Fsp3) is 0.840. The monoisotopic (exact) mass is 453 g/mol. The van der Waals surface area contributed by atoms with Crippen LogP contribution in [0, 0.1) is 22.2 Å². The van der Waals surface area contributed by atoms with Crippen molar-refractivity contribution >= 4 is 11.8 Å². The number of aliphatic carboxylic acids is 1. The van der Waals surface area contributed by atoms with Crippen LogP contribution < -0.4 is 0 Å². The Labute approximate surface area is 191 Å². The Bertz CT molecular complexity index is 828. The van der Waals surface area contributed by atoms with Crippen LogP contribution in [0.1, 0.15) is 75.2 Å². The van der Waals surface area contributed by atoms with Crippen molar-refractivity contribution in [3.63, 3.8) is 0 Å². The molecule has 32 heavy (non-hydrogen) atoms. The van der Waals surface area contributed by atoms with Crippen molar-refractivity contribution in [2.24, 2.45) is 27.2 Å². The van der Waals surface area contributed by atoms with E-state index < -0.39 is 30.9 Å². The lowest BCUT2D eigenvalue weighted by Gasteiger charge is -2.45. The summed E-state index contributed by atoms with van der Waals surface area (Å²) < 4.78 is 28.1. The highest BCUT2D eigenvalue weighted by Crippen LogP contribution is 2.48. The molecule has 0 aromatic carbocycles. The Morgan fingerprint density at radius 1 is 1.09 bits per heavy atom. The number of carboxylic acid groups (broad SMARTS) is 1. The number of halogens is 2. The molecule has 2 saturated heterocycles. The highest BCUT2D eigenvalue weighted by Gasteiger charge is 2.51. The van der Waals surface area contributed by atoms with E-state index in [1.54, 1.807) is 0 Å². The zero-order valence-electron chi connectivity index (χ0n) is 21.2. The van der Waals surface area contributed by atoms with Crippen LogP contribution in [0.4, 0.5) is 8.78 Å². The minimum absolute atomic E-state index is 0.0459. The molecule has 3 unspecified atom stereocenters. The summed E-state index contributed by atoms with van der Waals surface area (Å²) >= 11 is 0. The maximum Gasteiger partial charge on any atom is 0.321 e. The summed E-state index contributed by atoms with van der Waals surface area (Å²) in [5.74, 6) is -2.97. The van der Waals surface area contributed by atoms with E-state index >= 15 is 0 Å². The molecule has 3 atom stereocenters. The molecule has 1 N–H and O–H groups in total. The number of aliphatic imine (C=N–C) groups is 1. The Kier molecular flexibility index (Phi) is 6.11. The van der Waals surface area contributed by atoms with Crippen molar-refractivity contribution in [3.8, 4) is 0 Å². The fourth-order valence-corrected chi connectivity index (χ4v) is 5.54. The average Bonchev–Trinajstić information content (AvgIpc) is 3.10. The number of hydrogen-bond acceptors (Lipinski definition) is 4. The van der Waals surface area contributed by atoms with Gasteiger partial charge in [-0.05, 0) is 28.7 Å². The number of nitrogens with zero attached hydrogens (tertiary/aromatic N) is 3. The van der Waals surface area contributed by atoms with Gasteiger partial charge in [0.2, 0.25) is 0 Å². The lowest BCUT2D eigenvalue weighted by atomic mass is 9.70. The standard InChI is InChI=1S/C25H41F2N3O2/c1-22(2,3)18-16-10-15(12-29-14-25(26,27)11-17(29)20(31)32)13-30(16)21(24(7,8)9)28-19(18)23(4,5)6/h15,17,19H,10-14H2,1-9H3,(H,31,32). The van der Waals surface area contributed by atoms with E-state index in [4.69, 9.17) is 4.99 Å². The quantitative estimate of drug-likeness (QED) is 0.632. The molecule has 0 radical (unpaired) electrons. The van der Waals surface area contributed by atoms with Gasteiger partial charge in [0, 0.05) is 30.6 Å². The number of alkyl halides is 2. The van der Waals surface area contributed by atoms with Gasteiger partial charge in [0.1, 0.15) is 11.9 Å². The number of likely N-dealkylation sites (tertiary alicyclic amines) is 1. The van der Waals surface area contributed by atoms with Crippen LogP contribution in [-0.2, 0) is 4.79 Å². The van der Waals surface area contributed by atoms with E-state index in [9.17, 15) is 18.7 Å². The first-order chi connectivity index (χ1) is 14.3. The van der Waals surface area contributed by atoms with Crippen LogP contribution in [0.15, 0.2) is 16.3 Å². The summed E-state index contributed by atoms with van der Waals surface area (Å²) in [4.78, 5) is 20.7. The molecule has 0 amide bonds. The summed E-state index contributed by atoms with van der Waals surface area (Å²) in [7, 11) is 0. The van der Waals surface area contributed by atoms with Crippen molar-refractivity contribution in [1.82, 2.24) is 9.80 Å². The number of hydrogen-bond donors (Lipinski definition) is 1. The topological polar surface area (TPSA) is 56.1 Å². The van der Waals surface area contributed by atoms with Crippen molar-refractivity contribution in [2.75, 3.05) is 19.6 Å².